The smallest absolute Gasteiger partial charge is 0.163 e. The maximum Gasteiger partial charge on any atom is 0.163 e. The van der Waals surface area contributed by atoms with Crippen LogP contribution < -0.4 is 0 Å². The zero-order chi connectivity index (χ0) is 24.7. The number of hydrogen-bond donors (Lipinski definition) is 1. The topological polar surface area (TPSA) is 62.5 Å². The number of ketones is 1. The van der Waals surface area contributed by atoms with Gasteiger partial charge in [-0.1, -0.05) is 42.8 Å². The van der Waals surface area contributed by atoms with Crippen molar-refractivity contribution < 1.29 is 14.3 Å². The Morgan fingerprint density at radius 2 is 2.03 bits per heavy atom. The highest BCUT2D eigenvalue weighted by atomic mass is 32.1. The molecule has 1 aromatic heterocycles. The number of aromatic nitrogens is 1. The molecule has 6 rings (SSSR count). The number of fused-ring (bicyclic) bond motifs is 2. The van der Waals surface area contributed by atoms with Crippen LogP contribution in [0.25, 0.3) is 10.2 Å². The lowest BCUT2D eigenvalue weighted by Gasteiger charge is -2.37. The van der Waals surface area contributed by atoms with Crippen molar-refractivity contribution in [2.24, 2.45) is 10.9 Å². The molecule has 2 aliphatic rings. The number of aliphatic hydroxyl groups is 1. The minimum Gasteiger partial charge on any atom is -0.390 e. The molecule has 1 fully saturated rings. The molecule has 36 heavy (non-hydrogen) atoms. The number of nitrogens with zero attached hydrogens (tertiary/aromatic N) is 2. The molecular formula is C30H27FN2O2S. The van der Waals surface area contributed by atoms with E-state index in [-0.39, 0.29) is 23.9 Å². The molecule has 6 heteroatoms. The first-order valence-electron chi connectivity index (χ1n) is 12.5. The third-order valence-corrected chi connectivity index (χ3v) is 8.37. The fraction of sp³-hybridized carbons (Fsp3) is 0.300. The number of Topliss-reactive ketones (excluding diaryl/α,β-unsaturated/α-hetero) is 1. The number of benzene rings is 3. The fourth-order valence-corrected chi connectivity index (χ4v) is 6.50. The summed E-state index contributed by atoms with van der Waals surface area (Å²) in [6.45, 7) is 0.617. The minimum atomic E-state index is -0.974. The van der Waals surface area contributed by atoms with E-state index in [0.717, 1.165) is 45.5 Å². The Balaban J connectivity index is 1.18. The third kappa shape index (κ3) is 4.51. The number of thiazole rings is 1. The molecule has 182 valence electrons. The summed E-state index contributed by atoms with van der Waals surface area (Å²) in [5, 5.41) is 11.3. The van der Waals surface area contributed by atoms with Gasteiger partial charge in [-0.15, -0.1) is 11.3 Å². The molecular weight excluding hydrogens is 471 g/mol. The van der Waals surface area contributed by atoms with Gasteiger partial charge in [0.2, 0.25) is 0 Å². The Bertz CT molecular complexity index is 1490. The summed E-state index contributed by atoms with van der Waals surface area (Å²) in [7, 11) is 0. The molecule has 2 unspecified atom stereocenters. The number of rotatable bonds is 6. The quantitative estimate of drug-likeness (QED) is 0.308. The van der Waals surface area contributed by atoms with Crippen LogP contribution in [0, 0.1) is 11.7 Å². The van der Waals surface area contributed by atoms with Crippen LogP contribution in [0.1, 0.15) is 64.7 Å². The first kappa shape index (κ1) is 23.2. The second-order valence-electron chi connectivity index (χ2n) is 10.2. The zero-order valence-electron chi connectivity index (χ0n) is 19.9. The zero-order valence-corrected chi connectivity index (χ0v) is 20.7. The molecule has 4 nitrogen and oxygen atoms in total. The van der Waals surface area contributed by atoms with Gasteiger partial charge in [0.1, 0.15) is 5.82 Å². The molecule has 0 spiro atoms. The largest absolute Gasteiger partial charge is 0.390 e. The van der Waals surface area contributed by atoms with E-state index in [9.17, 15) is 14.3 Å². The summed E-state index contributed by atoms with van der Waals surface area (Å²) in [6, 6.07) is 18.7. The van der Waals surface area contributed by atoms with Gasteiger partial charge in [0, 0.05) is 29.5 Å². The van der Waals surface area contributed by atoms with Crippen molar-refractivity contribution in [3.63, 3.8) is 0 Å². The summed E-state index contributed by atoms with van der Waals surface area (Å²) in [6.07, 6.45) is 3.56. The highest BCUT2D eigenvalue weighted by Crippen LogP contribution is 2.38. The Morgan fingerprint density at radius 3 is 2.92 bits per heavy atom. The lowest BCUT2D eigenvalue weighted by Crippen LogP contribution is -2.38. The monoisotopic (exact) mass is 498 g/mol. The van der Waals surface area contributed by atoms with E-state index in [2.05, 4.69) is 11.1 Å². The maximum absolute atomic E-state index is 14.2. The normalized spacial score (nSPS) is 21.4. The predicted molar refractivity (Wildman–Crippen MR) is 141 cm³/mol. The third-order valence-electron chi connectivity index (χ3n) is 7.57. The van der Waals surface area contributed by atoms with Crippen molar-refractivity contribution >= 4 is 33.0 Å². The van der Waals surface area contributed by atoms with Gasteiger partial charge >= 0.3 is 0 Å². The maximum atomic E-state index is 14.2. The summed E-state index contributed by atoms with van der Waals surface area (Å²) < 4.78 is 15.3. The average molecular weight is 499 g/mol. The van der Waals surface area contributed by atoms with Crippen LogP contribution in [0.2, 0.25) is 0 Å². The van der Waals surface area contributed by atoms with Crippen LogP contribution in [0.15, 0.2) is 71.2 Å². The van der Waals surface area contributed by atoms with E-state index in [1.807, 2.05) is 35.8 Å². The van der Waals surface area contributed by atoms with E-state index in [1.54, 1.807) is 29.5 Å². The first-order chi connectivity index (χ1) is 17.5. The second-order valence-corrected chi connectivity index (χ2v) is 11.0. The summed E-state index contributed by atoms with van der Waals surface area (Å²) >= 11 is 1.61. The lowest BCUT2D eigenvalue weighted by molar-refractivity contribution is -0.0164. The molecule has 1 aliphatic carbocycles. The number of carbonyl (C=O) groups is 1. The molecule has 3 aromatic carbocycles. The number of aliphatic imine (C=N–C) groups is 1. The standard InChI is InChI=1S/C30H27FN2O2S/c31-25-6-2-1-5-22(25)16-30(35)11-3-4-19(15-30)12-27(34)20-7-8-23-17-32-29(24(23)13-20)21-9-10-26-28(14-21)36-18-33-26/h1-2,5-10,13-14,18-19,35H,3-4,11-12,15-17H2. The highest BCUT2D eigenvalue weighted by Gasteiger charge is 2.36. The molecule has 1 N–H and O–H groups in total. The van der Waals surface area contributed by atoms with Crippen LogP contribution in [0.4, 0.5) is 4.39 Å². The van der Waals surface area contributed by atoms with Gasteiger partial charge in [-0.05, 0) is 60.6 Å². The van der Waals surface area contributed by atoms with Crippen LogP contribution in [-0.2, 0) is 13.0 Å². The molecule has 4 aromatic rings. The van der Waals surface area contributed by atoms with Crippen LogP contribution in [0.5, 0.6) is 0 Å². The van der Waals surface area contributed by atoms with Gasteiger partial charge in [-0.3, -0.25) is 9.79 Å². The molecule has 1 aliphatic heterocycles. The highest BCUT2D eigenvalue weighted by molar-refractivity contribution is 7.16. The van der Waals surface area contributed by atoms with E-state index in [1.165, 1.54) is 6.07 Å². The van der Waals surface area contributed by atoms with Crippen molar-refractivity contribution in [3.05, 3.63) is 99.8 Å². The van der Waals surface area contributed by atoms with Gasteiger partial charge in [-0.25, -0.2) is 9.37 Å². The number of carbonyl (C=O) groups excluding carboxylic acids is 1. The molecule has 2 heterocycles. The van der Waals surface area contributed by atoms with Crippen molar-refractivity contribution in [1.82, 2.24) is 4.98 Å². The lowest BCUT2D eigenvalue weighted by atomic mass is 9.73. The summed E-state index contributed by atoms with van der Waals surface area (Å²) in [5.41, 5.74) is 7.18. The first-order valence-corrected chi connectivity index (χ1v) is 13.4. The summed E-state index contributed by atoms with van der Waals surface area (Å²) in [4.78, 5) is 22.5. The van der Waals surface area contributed by atoms with Gasteiger partial charge in [0.15, 0.2) is 5.78 Å². The Labute approximate surface area is 213 Å². The summed E-state index contributed by atoms with van der Waals surface area (Å²) in [5.74, 6) is -0.116. The second kappa shape index (κ2) is 9.34. The number of hydrogen-bond acceptors (Lipinski definition) is 5. The van der Waals surface area contributed by atoms with Crippen molar-refractivity contribution in [1.29, 1.82) is 0 Å². The molecule has 0 amide bonds. The van der Waals surface area contributed by atoms with E-state index in [0.29, 0.717) is 36.9 Å². The SMILES string of the molecule is O=C(CC1CCCC(O)(Cc2ccccc2F)C1)c1ccc2c(c1)C(c1ccc3ncsc3c1)=NC2. The molecule has 2 atom stereocenters. The van der Waals surface area contributed by atoms with E-state index in [4.69, 9.17) is 4.99 Å². The Kier molecular flexibility index (Phi) is 6.02. The Morgan fingerprint density at radius 1 is 1.14 bits per heavy atom. The van der Waals surface area contributed by atoms with Crippen LogP contribution in [0.3, 0.4) is 0 Å². The van der Waals surface area contributed by atoms with Crippen LogP contribution in [-0.4, -0.2) is 27.2 Å². The average Bonchev–Trinajstić information content (AvgIpc) is 3.51. The molecule has 0 saturated heterocycles. The van der Waals surface area contributed by atoms with Crippen molar-refractivity contribution in [3.8, 4) is 0 Å². The van der Waals surface area contributed by atoms with Gasteiger partial charge in [0.05, 0.1) is 33.6 Å². The van der Waals surface area contributed by atoms with Crippen molar-refractivity contribution in [2.45, 2.75) is 50.7 Å². The van der Waals surface area contributed by atoms with Crippen molar-refractivity contribution in [2.75, 3.05) is 0 Å². The minimum absolute atomic E-state index is 0.0816. The van der Waals surface area contributed by atoms with Gasteiger partial charge in [-0.2, -0.15) is 0 Å². The van der Waals surface area contributed by atoms with Gasteiger partial charge < -0.3 is 5.11 Å². The van der Waals surface area contributed by atoms with E-state index < -0.39 is 5.60 Å². The molecule has 1 saturated carbocycles. The fourth-order valence-electron chi connectivity index (χ4n) is 5.78. The van der Waals surface area contributed by atoms with Crippen LogP contribution >= 0.6 is 11.3 Å². The number of halogens is 1. The molecule has 0 radical (unpaired) electrons. The van der Waals surface area contributed by atoms with Gasteiger partial charge in [0.25, 0.3) is 0 Å². The Hall–Kier alpha value is -3.22. The van der Waals surface area contributed by atoms with E-state index >= 15 is 0 Å². The molecule has 0 bridgehead atoms. The predicted octanol–water partition coefficient (Wildman–Crippen LogP) is 6.52.